The fourth-order valence-corrected chi connectivity index (χ4v) is 4.19. The van der Waals surface area contributed by atoms with Crippen molar-refractivity contribution in [3.8, 4) is 28.7 Å². The standard InChI is InChI=1S/C28H30N4O6/c1-35-23-10-7-17(12-22(23)31-28(34)21(29)11-16-5-8-19(33)9-6-16)20-15-30-32-26(20)18-13-24(36-2)27(38-4)25(14-18)37-3/h5-10,12-14,21,33H,11,15,29H2,1-4H3,(H,31,34). The number of anilines is 1. The molecule has 0 radical (unpaired) electrons. The van der Waals surface area contributed by atoms with E-state index in [2.05, 4.69) is 15.5 Å². The lowest BCUT2D eigenvalue weighted by Gasteiger charge is -2.17. The maximum absolute atomic E-state index is 12.9. The number of phenolic OH excluding ortho intramolecular Hbond substituents is 1. The number of rotatable bonds is 10. The van der Waals surface area contributed by atoms with Crippen molar-refractivity contribution in [2.75, 3.05) is 40.3 Å². The van der Waals surface area contributed by atoms with Crippen LogP contribution < -0.4 is 30.0 Å². The molecule has 3 aromatic carbocycles. The van der Waals surface area contributed by atoms with Crippen LogP contribution in [0, 0.1) is 0 Å². The van der Waals surface area contributed by atoms with Crippen LogP contribution in [0.1, 0.15) is 16.7 Å². The number of nitrogens with two attached hydrogens (primary N) is 1. The molecule has 38 heavy (non-hydrogen) atoms. The molecule has 10 nitrogen and oxygen atoms in total. The first-order chi connectivity index (χ1) is 18.4. The van der Waals surface area contributed by atoms with Gasteiger partial charge in [0.15, 0.2) is 11.5 Å². The van der Waals surface area contributed by atoms with Crippen LogP contribution in [0.2, 0.25) is 0 Å². The van der Waals surface area contributed by atoms with Crippen molar-refractivity contribution in [1.82, 2.24) is 0 Å². The van der Waals surface area contributed by atoms with Gasteiger partial charge in [0.2, 0.25) is 11.7 Å². The molecule has 0 spiro atoms. The molecule has 0 aliphatic carbocycles. The molecule has 1 unspecified atom stereocenters. The summed E-state index contributed by atoms with van der Waals surface area (Å²) in [5, 5.41) is 21.0. The summed E-state index contributed by atoms with van der Waals surface area (Å²) in [5.74, 6) is 1.75. The molecule has 0 aromatic heterocycles. The average molecular weight is 519 g/mol. The van der Waals surface area contributed by atoms with Crippen molar-refractivity contribution in [2.45, 2.75) is 12.5 Å². The van der Waals surface area contributed by atoms with E-state index in [0.717, 1.165) is 22.3 Å². The van der Waals surface area contributed by atoms with Crippen LogP contribution in [-0.2, 0) is 11.2 Å². The lowest BCUT2D eigenvalue weighted by atomic mass is 9.99. The second-order valence-corrected chi connectivity index (χ2v) is 8.52. The van der Waals surface area contributed by atoms with Crippen LogP contribution in [0.3, 0.4) is 0 Å². The molecule has 3 aromatic rings. The number of carbonyl (C=O) groups excluding carboxylic acids is 1. The van der Waals surface area contributed by atoms with E-state index in [1.807, 2.05) is 24.3 Å². The molecule has 1 heterocycles. The Morgan fingerprint density at radius 2 is 1.58 bits per heavy atom. The zero-order valence-electron chi connectivity index (χ0n) is 21.6. The normalized spacial score (nSPS) is 13.3. The third-order valence-corrected chi connectivity index (χ3v) is 6.16. The Bertz CT molecular complexity index is 1360. The minimum atomic E-state index is -0.807. The van der Waals surface area contributed by atoms with E-state index in [9.17, 15) is 9.90 Å². The Morgan fingerprint density at radius 3 is 2.18 bits per heavy atom. The highest BCUT2D eigenvalue weighted by molar-refractivity contribution is 5.98. The van der Waals surface area contributed by atoms with Crippen LogP contribution in [0.5, 0.6) is 28.7 Å². The Balaban J connectivity index is 1.64. The molecule has 0 fully saturated rings. The highest BCUT2D eigenvalue weighted by Crippen LogP contribution is 2.43. The van der Waals surface area contributed by atoms with Crippen LogP contribution in [0.15, 0.2) is 64.8 Å². The molecule has 1 amide bonds. The number of azo groups is 1. The van der Waals surface area contributed by atoms with E-state index < -0.39 is 6.04 Å². The highest BCUT2D eigenvalue weighted by atomic mass is 16.5. The average Bonchev–Trinajstić information content (AvgIpc) is 3.43. The molecule has 1 aliphatic heterocycles. The lowest BCUT2D eigenvalue weighted by molar-refractivity contribution is -0.117. The third kappa shape index (κ3) is 5.55. The zero-order chi connectivity index (χ0) is 27.2. The minimum Gasteiger partial charge on any atom is -0.508 e. The fourth-order valence-electron chi connectivity index (χ4n) is 4.19. The number of hydrogen-bond acceptors (Lipinski definition) is 9. The van der Waals surface area contributed by atoms with Gasteiger partial charge in [-0.05, 0) is 53.9 Å². The van der Waals surface area contributed by atoms with Gasteiger partial charge in [-0.25, -0.2) is 0 Å². The Hall–Kier alpha value is -4.57. The van der Waals surface area contributed by atoms with Gasteiger partial charge in [-0.2, -0.15) is 10.2 Å². The lowest BCUT2D eigenvalue weighted by Crippen LogP contribution is -2.37. The SMILES string of the molecule is COc1ccc(C2=C(c3cc(OC)c(OC)c(OC)c3)N=NC2)cc1NC(=O)C(N)Cc1ccc(O)cc1. The predicted molar refractivity (Wildman–Crippen MR) is 144 cm³/mol. The van der Waals surface area contributed by atoms with E-state index >= 15 is 0 Å². The summed E-state index contributed by atoms with van der Waals surface area (Å²) in [4.78, 5) is 12.9. The number of benzene rings is 3. The number of nitrogens with one attached hydrogen (secondary N) is 1. The topological polar surface area (TPSA) is 137 Å². The van der Waals surface area contributed by atoms with Gasteiger partial charge in [0.25, 0.3) is 0 Å². The van der Waals surface area contributed by atoms with Gasteiger partial charge in [0.05, 0.1) is 52.4 Å². The Morgan fingerprint density at radius 1 is 0.921 bits per heavy atom. The zero-order valence-corrected chi connectivity index (χ0v) is 21.6. The molecule has 1 atom stereocenters. The number of ether oxygens (including phenoxy) is 4. The first kappa shape index (κ1) is 26.5. The summed E-state index contributed by atoms with van der Waals surface area (Å²) in [6.07, 6.45) is 0.308. The van der Waals surface area contributed by atoms with E-state index in [1.54, 1.807) is 51.7 Å². The van der Waals surface area contributed by atoms with Gasteiger partial charge in [-0.15, -0.1) is 0 Å². The fraction of sp³-hybridized carbons (Fsp3) is 0.250. The molecular weight excluding hydrogens is 488 g/mol. The summed E-state index contributed by atoms with van der Waals surface area (Å²) in [6.45, 7) is 0.353. The summed E-state index contributed by atoms with van der Waals surface area (Å²) in [5.41, 5.74) is 10.5. The predicted octanol–water partition coefficient (Wildman–Crippen LogP) is 4.27. The van der Waals surface area contributed by atoms with E-state index in [4.69, 9.17) is 24.7 Å². The van der Waals surface area contributed by atoms with Crippen LogP contribution in [-0.4, -0.2) is 52.0 Å². The van der Waals surface area contributed by atoms with Crippen molar-refractivity contribution in [2.24, 2.45) is 16.0 Å². The van der Waals surface area contributed by atoms with Gasteiger partial charge in [0, 0.05) is 11.1 Å². The monoisotopic (exact) mass is 518 g/mol. The molecule has 0 saturated carbocycles. The number of hydrogen-bond donors (Lipinski definition) is 3. The maximum Gasteiger partial charge on any atom is 0.241 e. The van der Waals surface area contributed by atoms with Crippen LogP contribution >= 0.6 is 0 Å². The first-order valence-corrected chi connectivity index (χ1v) is 11.8. The molecular formula is C28H30N4O6. The second kappa shape index (κ2) is 11.7. The number of carbonyl (C=O) groups is 1. The molecule has 10 heteroatoms. The maximum atomic E-state index is 12.9. The molecule has 0 saturated heterocycles. The van der Waals surface area contributed by atoms with Gasteiger partial charge in [-0.3, -0.25) is 4.79 Å². The largest absolute Gasteiger partial charge is 0.508 e. The van der Waals surface area contributed by atoms with Crippen molar-refractivity contribution < 1.29 is 28.8 Å². The molecule has 0 bridgehead atoms. The number of nitrogens with zero attached hydrogens (tertiary/aromatic N) is 2. The van der Waals surface area contributed by atoms with Gasteiger partial charge >= 0.3 is 0 Å². The van der Waals surface area contributed by atoms with E-state index in [-0.39, 0.29) is 11.7 Å². The number of phenols is 1. The molecule has 198 valence electrons. The summed E-state index contributed by atoms with van der Waals surface area (Å²) in [7, 11) is 6.18. The third-order valence-electron chi connectivity index (χ3n) is 6.16. The first-order valence-electron chi connectivity index (χ1n) is 11.8. The van der Waals surface area contributed by atoms with Crippen LogP contribution in [0.25, 0.3) is 11.3 Å². The summed E-state index contributed by atoms with van der Waals surface area (Å²) < 4.78 is 21.9. The summed E-state index contributed by atoms with van der Waals surface area (Å²) >= 11 is 0. The Kier molecular flexibility index (Phi) is 8.12. The molecule has 4 N–H and O–H groups in total. The molecule has 4 rings (SSSR count). The van der Waals surface area contributed by atoms with Crippen molar-refractivity contribution in [3.05, 3.63) is 71.3 Å². The van der Waals surface area contributed by atoms with Crippen LogP contribution in [0.4, 0.5) is 5.69 Å². The minimum absolute atomic E-state index is 0.152. The van der Waals surface area contributed by atoms with E-state index in [1.165, 1.54) is 7.11 Å². The molecule has 1 aliphatic rings. The van der Waals surface area contributed by atoms with Gasteiger partial charge < -0.3 is 35.1 Å². The smallest absolute Gasteiger partial charge is 0.241 e. The van der Waals surface area contributed by atoms with Gasteiger partial charge in [0.1, 0.15) is 11.5 Å². The van der Waals surface area contributed by atoms with Crippen molar-refractivity contribution >= 4 is 22.9 Å². The number of amides is 1. The van der Waals surface area contributed by atoms with Gasteiger partial charge in [-0.1, -0.05) is 18.2 Å². The summed E-state index contributed by atoms with van der Waals surface area (Å²) in [6, 6.07) is 14.9. The quantitative estimate of drug-likeness (QED) is 0.364. The highest BCUT2D eigenvalue weighted by Gasteiger charge is 2.23. The van der Waals surface area contributed by atoms with E-state index in [0.29, 0.717) is 47.3 Å². The number of aromatic hydroxyl groups is 1. The van der Waals surface area contributed by atoms with Crippen molar-refractivity contribution in [1.29, 1.82) is 0 Å². The number of methoxy groups -OCH3 is 4. The second-order valence-electron chi connectivity index (χ2n) is 8.52. The van der Waals surface area contributed by atoms with Crippen molar-refractivity contribution in [3.63, 3.8) is 0 Å². The Labute approximate surface area is 220 Å².